The van der Waals surface area contributed by atoms with E-state index in [2.05, 4.69) is 22.5 Å². The largest absolute Gasteiger partial charge is 0.392 e. The number of ether oxygens (including phenoxy) is 7. The van der Waals surface area contributed by atoms with E-state index in [4.69, 9.17) is 33.2 Å². The number of urea groups is 1. The number of hydrogen-bond donors (Lipinski definition) is 3. The lowest BCUT2D eigenvalue weighted by atomic mass is 9.90. The highest BCUT2D eigenvalue weighted by molar-refractivity contribution is 5.73. The molecule has 3 N–H and O–H groups in total. The predicted molar refractivity (Wildman–Crippen MR) is 176 cm³/mol. The van der Waals surface area contributed by atoms with Crippen LogP contribution in [0, 0.1) is 5.92 Å². The van der Waals surface area contributed by atoms with Gasteiger partial charge in [0.05, 0.1) is 84.9 Å². The highest BCUT2D eigenvalue weighted by Crippen LogP contribution is 2.41. The number of benzene rings is 2. The quantitative estimate of drug-likeness (QED) is 0.389. The van der Waals surface area contributed by atoms with Crippen molar-refractivity contribution in [2.24, 2.45) is 5.92 Å². The van der Waals surface area contributed by atoms with Gasteiger partial charge in [0.2, 0.25) is 0 Å². The standard InChI is InChI=1S/C35H53N3O9/c1-3-36-35(40)37-24-28-4-10-31(11-5-28)34-46-32(27(2)33(47-34)30-8-6-29(26-39)7-9-30)25-38-12-14-41-16-18-43-20-22-45-23-21-44-19-17-42-15-13-38/h4-11,27,32-34,39H,3,12-26H2,1-2H3,(H2,36,37,40). The summed E-state index contributed by atoms with van der Waals surface area (Å²) in [5.74, 6) is 0.0330. The number of amides is 2. The Balaban J connectivity index is 1.45. The van der Waals surface area contributed by atoms with E-state index in [-0.39, 0.29) is 30.8 Å². The molecule has 4 rings (SSSR count). The zero-order valence-corrected chi connectivity index (χ0v) is 27.9. The van der Waals surface area contributed by atoms with Crippen molar-refractivity contribution in [3.63, 3.8) is 0 Å². The van der Waals surface area contributed by atoms with Crippen LogP contribution in [-0.2, 0) is 46.3 Å². The maximum Gasteiger partial charge on any atom is 0.315 e. The van der Waals surface area contributed by atoms with Gasteiger partial charge in [0.25, 0.3) is 0 Å². The monoisotopic (exact) mass is 659 g/mol. The molecule has 47 heavy (non-hydrogen) atoms. The molecule has 0 bridgehead atoms. The summed E-state index contributed by atoms with van der Waals surface area (Å²) in [6.45, 7) is 12.4. The molecule has 2 aromatic rings. The highest BCUT2D eigenvalue weighted by atomic mass is 16.7. The van der Waals surface area contributed by atoms with Crippen LogP contribution in [0.1, 0.15) is 48.5 Å². The Morgan fingerprint density at radius 1 is 0.723 bits per heavy atom. The van der Waals surface area contributed by atoms with Gasteiger partial charge in [-0.15, -0.1) is 0 Å². The van der Waals surface area contributed by atoms with Crippen molar-refractivity contribution < 1.29 is 43.1 Å². The van der Waals surface area contributed by atoms with Crippen molar-refractivity contribution in [2.45, 2.75) is 45.5 Å². The predicted octanol–water partition coefficient (Wildman–Crippen LogP) is 3.19. The van der Waals surface area contributed by atoms with E-state index in [1.165, 1.54) is 0 Å². The van der Waals surface area contributed by atoms with Gasteiger partial charge in [0.1, 0.15) is 0 Å². The van der Waals surface area contributed by atoms with E-state index in [1.54, 1.807) is 0 Å². The minimum atomic E-state index is -0.588. The SMILES string of the molecule is CCNC(=O)NCc1ccc(C2OC(CN3CCOCCOCCOCCOCCOCC3)C(C)C(c3ccc(CO)cc3)O2)cc1. The Kier molecular flexibility index (Phi) is 16.9. The Hall–Kier alpha value is -2.65. The Morgan fingerprint density at radius 3 is 1.77 bits per heavy atom. The Bertz CT molecular complexity index is 1120. The minimum Gasteiger partial charge on any atom is -0.392 e. The van der Waals surface area contributed by atoms with Crippen LogP contribution in [0.4, 0.5) is 4.79 Å². The number of aliphatic hydroxyl groups excluding tert-OH is 1. The summed E-state index contributed by atoms with van der Waals surface area (Å²) in [6.07, 6.45) is -0.966. The molecular formula is C35H53N3O9. The zero-order chi connectivity index (χ0) is 33.1. The third-order valence-corrected chi connectivity index (χ3v) is 8.20. The van der Waals surface area contributed by atoms with Crippen LogP contribution in [0.15, 0.2) is 48.5 Å². The van der Waals surface area contributed by atoms with Crippen LogP contribution in [0.3, 0.4) is 0 Å². The smallest absolute Gasteiger partial charge is 0.315 e. The van der Waals surface area contributed by atoms with Gasteiger partial charge >= 0.3 is 6.03 Å². The average Bonchev–Trinajstić information content (AvgIpc) is 3.09. The van der Waals surface area contributed by atoms with Crippen LogP contribution in [0.25, 0.3) is 0 Å². The van der Waals surface area contributed by atoms with Crippen molar-refractivity contribution in [3.8, 4) is 0 Å². The molecule has 0 aromatic heterocycles. The Morgan fingerprint density at radius 2 is 1.23 bits per heavy atom. The van der Waals surface area contributed by atoms with Crippen molar-refractivity contribution in [2.75, 3.05) is 92.2 Å². The number of aliphatic hydroxyl groups is 1. The lowest BCUT2D eigenvalue weighted by molar-refractivity contribution is -0.276. The molecule has 0 radical (unpaired) electrons. The molecule has 2 aliphatic rings. The van der Waals surface area contributed by atoms with Crippen molar-refractivity contribution in [1.29, 1.82) is 0 Å². The summed E-state index contributed by atoms with van der Waals surface area (Å²) in [7, 11) is 0. The van der Waals surface area contributed by atoms with Crippen LogP contribution in [0.2, 0.25) is 0 Å². The normalized spacial score (nSPS) is 24.9. The first-order valence-electron chi connectivity index (χ1n) is 16.8. The molecule has 2 heterocycles. The molecule has 4 atom stereocenters. The fraction of sp³-hybridized carbons (Fsp3) is 0.629. The van der Waals surface area contributed by atoms with Crippen molar-refractivity contribution in [1.82, 2.24) is 15.5 Å². The summed E-state index contributed by atoms with van der Waals surface area (Å²) in [4.78, 5) is 14.2. The summed E-state index contributed by atoms with van der Waals surface area (Å²) >= 11 is 0. The molecular weight excluding hydrogens is 606 g/mol. The lowest BCUT2D eigenvalue weighted by Gasteiger charge is -2.43. The number of carbonyl (C=O) groups is 1. The lowest BCUT2D eigenvalue weighted by Crippen LogP contribution is -2.46. The van der Waals surface area contributed by atoms with Gasteiger partial charge in [-0.3, -0.25) is 4.90 Å². The Labute approximate surface area is 278 Å². The van der Waals surface area contributed by atoms with Crippen LogP contribution >= 0.6 is 0 Å². The van der Waals surface area contributed by atoms with Gasteiger partial charge in [0, 0.05) is 44.2 Å². The number of nitrogens with zero attached hydrogens (tertiary/aromatic N) is 1. The minimum absolute atomic E-state index is 0.0111. The van der Waals surface area contributed by atoms with Gasteiger partial charge in [-0.05, 0) is 23.6 Å². The number of nitrogens with one attached hydrogen (secondary N) is 2. The van der Waals surface area contributed by atoms with Crippen LogP contribution in [0.5, 0.6) is 0 Å². The van der Waals surface area contributed by atoms with Crippen LogP contribution < -0.4 is 10.6 Å². The molecule has 2 aromatic carbocycles. The maximum atomic E-state index is 11.8. The van der Waals surface area contributed by atoms with Crippen molar-refractivity contribution in [3.05, 3.63) is 70.8 Å². The molecule has 2 amide bonds. The molecule has 0 aliphatic carbocycles. The summed E-state index contributed by atoms with van der Waals surface area (Å²) in [6, 6.07) is 15.7. The molecule has 4 unspecified atom stereocenters. The third kappa shape index (κ3) is 13.1. The second-order valence-corrected chi connectivity index (χ2v) is 11.6. The van der Waals surface area contributed by atoms with E-state index in [9.17, 15) is 9.90 Å². The van der Waals surface area contributed by atoms with Gasteiger partial charge in [-0.25, -0.2) is 4.79 Å². The summed E-state index contributed by atoms with van der Waals surface area (Å²) in [5, 5.41) is 15.2. The molecule has 2 aliphatic heterocycles. The second kappa shape index (κ2) is 21.3. The van der Waals surface area contributed by atoms with E-state index in [1.807, 2.05) is 55.5 Å². The van der Waals surface area contributed by atoms with Crippen LogP contribution in [-0.4, -0.2) is 114 Å². The second-order valence-electron chi connectivity index (χ2n) is 11.6. The topological polar surface area (TPSA) is 129 Å². The molecule has 2 fully saturated rings. The number of hydrogen-bond acceptors (Lipinski definition) is 10. The van der Waals surface area contributed by atoms with Crippen molar-refractivity contribution >= 4 is 6.03 Å². The third-order valence-electron chi connectivity index (χ3n) is 8.20. The van der Waals surface area contributed by atoms with E-state index < -0.39 is 6.29 Å². The first-order valence-corrected chi connectivity index (χ1v) is 16.8. The molecule has 262 valence electrons. The fourth-order valence-electron chi connectivity index (χ4n) is 5.44. The first kappa shape index (κ1) is 37.2. The zero-order valence-electron chi connectivity index (χ0n) is 27.9. The molecule has 0 spiro atoms. The highest BCUT2D eigenvalue weighted by Gasteiger charge is 2.39. The van der Waals surface area contributed by atoms with E-state index in [0.29, 0.717) is 98.8 Å². The summed E-state index contributed by atoms with van der Waals surface area (Å²) < 4.78 is 41.9. The number of rotatable bonds is 8. The molecule has 0 saturated carbocycles. The van der Waals surface area contributed by atoms with Gasteiger partial charge in [0.15, 0.2) is 6.29 Å². The van der Waals surface area contributed by atoms with E-state index >= 15 is 0 Å². The number of carbonyl (C=O) groups excluding carboxylic acids is 1. The molecule has 2 saturated heterocycles. The van der Waals surface area contributed by atoms with E-state index in [0.717, 1.165) is 22.3 Å². The maximum absolute atomic E-state index is 11.8. The molecule has 12 nitrogen and oxygen atoms in total. The molecule has 12 heteroatoms. The van der Waals surface area contributed by atoms with Gasteiger partial charge in [-0.1, -0.05) is 55.5 Å². The van der Waals surface area contributed by atoms with Gasteiger partial charge in [-0.2, -0.15) is 0 Å². The average molecular weight is 660 g/mol. The first-order chi connectivity index (χ1) is 23.1. The fourth-order valence-corrected chi connectivity index (χ4v) is 5.44. The van der Waals surface area contributed by atoms with Gasteiger partial charge < -0.3 is 48.9 Å². The summed E-state index contributed by atoms with van der Waals surface area (Å²) in [5.41, 5.74) is 3.76.